The average molecular weight is 309 g/mol. The van der Waals surface area contributed by atoms with Gasteiger partial charge in [0.25, 0.3) is 0 Å². The van der Waals surface area contributed by atoms with E-state index >= 15 is 0 Å². The monoisotopic (exact) mass is 309 g/mol. The highest BCUT2D eigenvalue weighted by molar-refractivity contribution is 7.09. The average Bonchev–Trinajstić information content (AvgIpc) is 3.00. The SMILES string of the molecule is COC[C@H]1CN(Cc2csc(C)n2)CC12CCN(C)CC2. The van der Waals surface area contributed by atoms with Crippen LogP contribution in [0.4, 0.5) is 0 Å². The Hall–Kier alpha value is -0.490. The van der Waals surface area contributed by atoms with Crippen LogP contribution < -0.4 is 0 Å². The Morgan fingerprint density at radius 3 is 2.81 bits per heavy atom. The van der Waals surface area contributed by atoms with Gasteiger partial charge in [0.1, 0.15) is 0 Å². The third-order valence-corrected chi connectivity index (χ3v) is 6.11. The fourth-order valence-electron chi connectivity index (χ4n) is 4.04. The number of rotatable bonds is 4. The maximum absolute atomic E-state index is 5.53. The summed E-state index contributed by atoms with van der Waals surface area (Å²) in [5.41, 5.74) is 1.70. The molecule has 3 heterocycles. The van der Waals surface area contributed by atoms with Crippen LogP contribution in [0.1, 0.15) is 23.5 Å². The molecule has 118 valence electrons. The molecule has 5 heteroatoms. The summed E-state index contributed by atoms with van der Waals surface area (Å²) >= 11 is 1.76. The van der Waals surface area contributed by atoms with Crippen molar-refractivity contribution in [1.29, 1.82) is 0 Å². The minimum atomic E-state index is 0.466. The summed E-state index contributed by atoms with van der Waals surface area (Å²) in [4.78, 5) is 9.69. The van der Waals surface area contributed by atoms with Gasteiger partial charge in [-0.05, 0) is 45.3 Å². The van der Waals surface area contributed by atoms with Crippen LogP contribution in [0.2, 0.25) is 0 Å². The van der Waals surface area contributed by atoms with Crippen molar-refractivity contribution in [3.8, 4) is 0 Å². The predicted octanol–water partition coefficient (Wildman–Crippen LogP) is 2.24. The number of aryl methyl sites for hydroxylation is 1. The van der Waals surface area contributed by atoms with Crippen molar-refractivity contribution >= 4 is 11.3 Å². The van der Waals surface area contributed by atoms with E-state index in [1.54, 1.807) is 11.3 Å². The molecule has 21 heavy (non-hydrogen) atoms. The quantitative estimate of drug-likeness (QED) is 0.853. The molecule has 1 spiro atoms. The zero-order valence-corrected chi connectivity index (χ0v) is 14.3. The molecular formula is C16H27N3OS. The largest absolute Gasteiger partial charge is 0.384 e. The molecule has 3 rings (SSSR count). The summed E-state index contributed by atoms with van der Waals surface area (Å²) < 4.78 is 5.53. The lowest BCUT2D eigenvalue weighted by atomic mass is 9.71. The maximum Gasteiger partial charge on any atom is 0.0897 e. The number of hydrogen-bond donors (Lipinski definition) is 0. The van der Waals surface area contributed by atoms with Crippen LogP contribution in [0, 0.1) is 18.3 Å². The van der Waals surface area contributed by atoms with Crippen molar-refractivity contribution < 1.29 is 4.74 Å². The van der Waals surface area contributed by atoms with E-state index in [0.29, 0.717) is 11.3 Å². The van der Waals surface area contributed by atoms with Crippen molar-refractivity contribution in [3.05, 3.63) is 16.1 Å². The third-order valence-electron chi connectivity index (χ3n) is 5.29. The van der Waals surface area contributed by atoms with Crippen molar-refractivity contribution in [2.24, 2.45) is 11.3 Å². The second-order valence-electron chi connectivity index (χ2n) is 6.85. The van der Waals surface area contributed by atoms with Gasteiger partial charge >= 0.3 is 0 Å². The molecule has 2 aliphatic rings. The van der Waals surface area contributed by atoms with Gasteiger partial charge in [0.15, 0.2) is 0 Å². The number of methoxy groups -OCH3 is 1. The van der Waals surface area contributed by atoms with Crippen LogP contribution in [0.3, 0.4) is 0 Å². The predicted molar refractivity (Wildman–Crippen MR) is 86.7 cm³/mol. The van der Waals surface area contributed by atoms with Crippen LogP contribution in [0.5, 0.6) is 0 Å². The zero-order valence-electron chi connectivity index (χ0n) is 13.5. The minimum absolute atomic E-state index is 0.466. The van der Waals surface area contributed by atoms with Crippen LogP contribution in [0.25, 0.3) is 0 Å². The van der Waals surface area contributed by atoms with E-state index in [-0.39, 0.29) is 0 Å². The Kier molecular flexibility index (Phi) is 4.64. The molecule has 2 fully saturated rings. The Morgan fingerprint density at radius 2 is 2.19 bits per heavy atom. The Balaban J connectivity index is 1.68. The minimum Gasteiger partial charge on any atom is -0.384 e. The van der Waals surface area contributed by atoms with E-state index in [2.05, 4.69) is 34.1 Å². The van der Waals surface area contributed by atoms with Gasteiger partial charge in [-0.15, -0.1) is 11.3 Å². The smallest absolute Gasteiger partial charge is 0.0897 e. The number of aromatic nitrogens is 1. The van der Waals surface area contributed by atoms with Crippen LogP contribution in [0.15, 0.2) is 5.38 Å². The van der Waals surface area contributed by atoms with Gasteiger partial charge in [0.2, 0.25) is 0 Å². The van der Waals surface area contributed by atoms with Gasteiger partial charge in [-0.1, -0.05) is 0 Å². The first-order valence-electron chi connectivity index (χ1n) is 7.92. The van der Waals surface area contributed by atoms with Crippen LogP contribution >= 0.6 is 11.3 Å². The summed E-state index contributed by atoms with van der Waals surface area (Å²) in [6.07, 6.45) is 2.62. The number of likely N-dealkylation sites (tertiary alicyclic amines) is 2. The lowest BCUT2D eigenvalue weighted by Gasteiger charge is -2.41. The maximum atomic E-state index is 5.53. The topological polar surface area (TPSA) is 28.6 Å². The molecular weight excluding hydrogens is 282 g/mol. The van der Waals surface area contributed by atoms with E-state index in [4.69, 9.17) is 4.74 Å². The first-order valence-corrected chi connectivity index (χ1v) is 8.80. The highest BCUT2D eigenvalue weighted by Crippen LogP contribution is 2.45. The van der Waals surface area contributed by atoms with Gasteiger partial charge in [-0.2, -0.15) is 0 Å². The molecule has 0 aromatic carbocycles. The summed E-state index contributed by atoms with van der Waals surface area (Å²) in [7, 11) is 4.08. The molecule has 1 aromatic rings. The molecule has 0 unspecified atom stereocenters. The Bertz CT molecular complexity index is 468. The normalized spacial score (nSPS) is 26.7. The van der Waals surface area contributed by atoms with Crippen molar-refractivity contribution in [2.75, 3.05) is 46.9 Å². The molecule has 0 bridgehead atoms. The molecule has 0 radical (unpaired) electrons. The van der Waals surface area contributed by atoms with Crippen LogP contribution in [-0.4, -0.2) is 61.7 Å². The highest BCUT2D eigenvalue weighted by atomic mass is 32.1. The fourth-order valence-corrected chi connectivity index (χ4v) is 4.64. The van der Waals surface area contributed by atoms with E-state index in [1.807, 2.05) is 7.11 Å². The molecule has 0 amide bonds. The first kappa shape index (κ1) is 15.4. The highest BCUT2D eigenvalue weighted by Gasteiger charge is 2.47. The van der Waals surface area contributed by atoms with Gasteiger partial charge in [0, 0.05) is 38.0 Å². The molecule has 0 N–H and O–H groups in total. The molecule has 0 aliphatic carbocycles. The van der Waals surface area contributed by atoms with Gasteiger partial charge in [-0.25, -0.2) is 4.98 Å². The molecule has 2 saturated heterocycles. The standard InChI is InChI=1S/C16H27N3OS/c1-13-17-15(11-21-13)9-19-8-14(10-20-3)16(12-19)4-6-18(2)7-5-16/h11,14H,4-10,12H2,1-3H3/t14-/m1/s1. The Morgan fingerprint density at radius 1 is 1.43 bits per heavy atom. The van der Waals surface area contributed by atoms with E-state index in [1.165, 1.54) is 43.2 Å². The van der Waals surface area contributed by atoms with Crippen molar-refractivity contribution in [1.82, 2.24) is 14.8 Å². The lowest BCUT2D eigenvalue weighted by molar-refractivity contribution is 0.0448. The van der Waals surface area contributed by atoms with Gasteiger partial charge < -0.3 is 9.64 Å². The molecule has 4 nitrogen and oxygen atoms in total. The molecule has 0 saturated carbocycles. The zero-order chi connectivity index (χ0) is 14.9. The summed E-state index contributed by atoms with van der Waals surface area (Å²) in [5.74, 6) is 0.677. The second kappa shape index (κ2) is 6.32. The van der Waals surface area contributed by atoms with Crippen molar-refractivity contribution in [2.45, 2.75) is 26.3 Å². The summed E-state index contributed by atoms with van der Waals surface area (Å²) in [6.45, 7) is 8.82. The summed E-state index contributed by atoms with van der Waals surface area (Å²) in [6, 6.07) is 0. The second-order valence-corrected chi connectivity index (χ2v) is 7.91. The number of nitrogens with zero attached hydrogens (tertiary/aromatic N) is 3. The van der Waals surface area contributed by atoms with E-state index in [0.717, 1.165) is 19.7 Å². The number of hydrogen-bond acceptors (Lipinski definition) is 5. The Labute approximate surface area is 132 Å². The van der Waals surface area contributed by atoms with Crippen LogP contribution in [-0.2, 0) is 11.3 Å². The summed E-state index contributed by atoms with van der Waals surface area (Å²) in [5, 5.41) is 3.38. The number of ether oxygens (including phenoxy) is 1. The third kappa shape index (κ3) is 3.31. The van der Waals surface area contributed by atoms with Gasteiger partial charge in [-0.3, -0.25) is 4.90 Å². The van der Waals surface area contributed by atoms with E-state index < -0.39 is 0 Å². The molecule has 1 atom stereocenters. The number of piperidine rings is 1. The molecule has 1 aromatic heterocycles. The first-order chi connectivity index (χ1) is 10.1. The van der Waals surface area contributed by atoms with Gasteiger partial charge in [0.05, 0.1) is 17.3 Å². The molecule has 2 aliphatic heterocycles. The van der Waals surface area contributed by atoms with E-state index in [9.17, 15) is 0 Å². The fraction of sp³-hybridized carbons (Fsp3) is 0.812. The van der Waals surface area contributed by atoms with Crippen molar-refractivity contribution in [3.63, 3.8) is 0 Å². The lowest BCUT2D eigenvalue weighted by Crippen LogP contribution is -2.43. The number of thiazole rings is 1.